The second-order valence-corrected chi connectivity index (χ2v) is 8.12. The molecule has 21 heavy (non-hydrogen) atoms. The van der Waals surface area contributed by atoms with Crippen LogP contribution in [-0.2, 0) is 10.2 Å². The lowest BCUT2D eigenvalue weighted by Gasteiger charge is -2.31. The van der Waals surface area contributed by atoms with Gasteiger partial charge in [0.25, 0.3) is 0 Å². The van der Waals surface area contributed by atoms with Crippen LogP contribution in [0.25, 0.3) is 0 Å². The number of halogens is 2. The van der Waals surface area contributed by atoms with Gasteiger partial charge in [0, 0.05) is 17.6 Å². The fraction of sp³-hybridized carbons (Fsp3) is 0.538. The van der Waals surface area contributed by atoms with Crippen molar-refractivity contribution < 1.29 is 8.42 Å². The Balaban J connectivity index is 2.02. The summed E-state index contributed by atoms with van der Waals surface area (Å²) in [6.07, 6.45) is 1.74. The zero-order chi connectivity index (χ0) is 15.5. The molecular formula is C13H19BrClN3O2S. The van der Waals surface area contributed by atoms with Crippen molar-refractivity contribution in [3.8, 4) is 0 Å². The minimum atomic E-state index is -3.55. The molecule has 8 heteroatoms. The molecule has 0 aliphatic carbocycles. The van der Waals surface area contributed by atoms with Gasteiger partial charge in [-0.1, -0.05) is 27.5 Å². The van der Waals surface area contributed by atoms with Crippen molar-refractivity contribution in [2.75, 3.05) is 31.4 Å². The molecule has 1 saturated heterocycles. The smallest absolute Gasteiger partial charge is 0.301 e. The number of anilines is 1. The van der Waals surface area contributed by atoms with E-state index >= 15 is 0 Å². The van der Waals surface area contributed by atoms with E-state index in [1.165, 1.54) is 4.31 Å². The first-order chi connectivity index (χ1) is 9.92. The van der Waals surface area contributed by atoms with Gasteiger partial charge in [-0.3, -0.25) is 4.72 Å². The normalized spacial score (nSPS) is 17.9. The highest BCUT2D eigenvalue weighted by molar-refractivity contribution is 9.10. The Kier molecular flexibility index (Phi) is 5.90. The number of hydrogen-bond donors (Lipinski definition) is 2. The quantitative estimate of drug-likeness (QED) is 0.804. The second kappa shape index (κ2) is 7.28. The van der Waals surface area contributed by atoms with Crippen LogP contribution < -0.4 is 10.0 Å². The van der Waals surface area contributed by atoms with Gasteiger partial charge in [-0.2, -0.15) is 12.7 Å². The maximum absolute atomic E-state index is 12.4. The zero-order valence-corrected chi connectivity index (χ0v) is 14.9. The monoisotopic (exact) mass is 395 g/mol. The number of piperidine rings is 1. The van der Waals surface area contributed by atoms with E-state index in [1.807, 2.05) is 7.05 Å². The van der Waals surface area contributed by atoms with Gasteiger partial charge < -0.3 is 5.32 Å². The van der Waals surface area contributed by atoms with Crippen LogP contribution >= 0.6 is 27.5 Å². The predicted octanol–water partition coefficient (Wildman–Crippen LogP) is 2.69. The van der Waals surface area contributed by atoms with Crippen molar-refractivity contribution in [1.29, 1.82) is 0 Å². The molecular weight excluding hydrogens is 378 g/mol. The summed E-state index contributed by atoms with van der Waals surface area (Å²) in [7, 11) is -1.63. The van der Waals surface area contributed by atoms with Crippen LogP contribution in [0.4, 0.5) is 5.69 Å². The van der Waals surface area contributed by atoms with Gasteiger partial charge in [-0.05, 0) is 50.6 Å². The third-order valence-corrected chi connectivity index (χ3v) is 5.91. The van der Waals surface area contributed by atoms with E-state index in [9.17, 15) is 8.42 Å². The summed E-state index contributed by atoms with van der Waals surface area (Å²) in [5, 5.41) is 3.51. The van der Waals surface area contributed by atoms with E-state index in [0.29, 0.717) is 29.7 Å². The number of rotatable bonds is 5. The standard InChI is InChI=1S/C13H19BrClN3O2S/c1-16-9-10-4-6-18(7-5-10)21(19,20)17-13-3-2-11(14)8-12(13)15/h2-3,8,10,16-17H,4-7,9H2,1H3. The molecule has 0 bridgehead atoms. The SMILES string of the molecule is CNCC1CCN(S(=O)(=O)Nc2ccc(Br)cc2Cl)CC1. The van der Waals surface area contributed by atoms with E-state index in [2.05, 4.69) is 26.0 Å². The second-order valence-electron chi connectivity index (χ2n) is 5.13. The summed E-state index contributed by atoms with van der Waals surface area (Å²) in [5.41, 5.74) is 0.400. The van der Waals surface area contributed by atoms with Crippen LogP contribution in [0.1, 0.15) is 12.8 Å². The van der Waals surface area contributed by atoms with Gasteiger partial charge in [0.2, 0.25) is 0 Å². The minimum Gasteiger partial charge on any atom is -0.319 e. The number of hydrogen-bond acceptors (Lipinski definition) is 3. The molecule has 0 atom stereocenters. The van der Waals surface area contributed by atoms with E-state index in [0.717, 1.165) is 23.9 Å². The summed E-state index contributed by atoms with van der Waals surface area (Å²) in [4.78, 5) is 0. The molecule has 0 amide bonds. The topological polar surface area (TPSA) is 61.4 Å². The molecule has 1 aliphatic heterocycles. The predicted molar refractivity (Wildman–Crippen MR) is 89.9 cm³/mol. The van der Waals surface area contributed by atoms with Crippen LogP contribution in [0.15, 0.2) is 22.7 Å². The van der Waals surface area contributed by atoms with Crippen molar-refractivity contribution in [3.63, 3.8) is 0 Å². The van der Waals surface area contributed by atoms with Crippen molar-refractivity contribution >= 4 is 43.4 Å². The molecule has 1 heterocycles. The van der Waals surface area contributed by atoms with Crippen molar-refractivity contribution in [3.05, 3.63) is 27.7 Å². The summed E-state index contributed by atoms with van der Waals surface area (Å²) in [6.45, 7) is 2.01. The molecule has 118 valence electrons. The molecule has 1 aromatic rings. The zero-order valence-electron chi connectivity index (χ0n) is 11.8. The van der Waals surface area contributed by atoms with Crippen LogP contribution in [0, 0.1) is 5.92 Å². The average Bonchev–Trinajstić information content (AvgIpc) is 2.43. The molecule has 2 rings (SSSR count). The fourth-order valence-electron chi connectivity index (χ4n) is 2.42. The Morgan fingerprint density at radius 2 is 2.05 bits per heavy atom. The first-order valence-electron chi connectivity index (χ1n) is 6.80. The highest BCUT2D eigenvalue weighted by Crippen LogP contribution is 2.28. The lowest BCUT2D eigenvalue weighted by Crippen LogP contribution is -2.43. The largest absolute Gasteiger partial charge is 0.319 e. The van der Waals surface area contributed by atoms with Gasteiger partial charge in [-0.25, -0.2) is 0 Å². The Morgan fingerprint density at radius 3 is 2.62 bits per heavy atom. The average molecular weight is 397 g/mol. The number of nitrogens with zero attached hydrogens (tertiary/aromatic N) is 1. The van der Waals surface area contributed by atoms with Crippen LogP contribution in [0.2, 0.25) is 5.02 Å². The summed E-state index contributed by atoms with van der Waals surface area (Å²) in [5.74, 6) is 0.540. The molecule has 0 radical (unpaired) electrons. The molecule has 0 spiro atoms. The molecule has 1 aliphatic rings. The summed E-state index contributed by atoms with van der Waals surface area (Å²) < 4.78 is 29.6. The van der Waals surface area contributed by atoms with Crippen LogP contribution in [0.3, 0.4) is 0 Å². The summed E-state index contributed by atoms with van der Waals surface area (Å²) in [6, 6.07) is 5.07. The molecule has 2 N–H and O–H groups in total. The van der Waals surface area contributed by atoms with Crippen molar-refractivity contribution in [2.45, 2.75) is 12.8 Å². The molecule has 1 aromatic carbocycles. The highest BCUT2D eigenvalue weighted by atomic mass is 79.9. The fourth-order valence-corrected chi connectivity index (χ4v) is 4.47. The lowest BCUT2D eigenvalue weighted by atomic mass is 9.98. The molecule has 0 saturated carbocycles. The van der Waals surface area contributed by atoms with Crippen LogP contribution in [-0.4, -0.2) is 39.4 Å². The Labute approximate surface area is 139 Å². The number of benzene rings is 1. The molecule has 0 aromatic heterocycles. The van der Waals surface area contributed by atoms with E-state index in [1.54, 1.807) is 18.2 Å². The van der Waals surface area contributed by atoms with Crippen molar-refractivity contribution in [2.24, 2.45) is 5.92 Å². The Morgan fingerprint density at radius 1 is 1.38 bits per heavy atom. The molecule has 5 nitrogen and oxygen atoms in total. The van der Waals surface area contributed by atoms with Crippen LogP contribution in [0.5, 0.6) is 0 Å². The van der Waals surface area contributed by atoms with Crippen molar-refractivity contribution in [1.82, 2.24) is 9.62 Å². The van der Waals surface area contributed by atoms with Gasteiger partial charge in [0.1, 0.15) is 0 Å². The maximum Gasteiger partial charge on any atom is 0.301 e. The lowest BCUT2D eigenvalue weighted by molar-refractivity contribution is 0.272. The Hall–Kier alpha value is -0.340. The first-order valence-corrected chi connectivity index (χ1v) is 9.41. The molecule has 0 unspecified atom stereocenters. The third kappa shape index (κ3) is 4.56. The van der Waals surface area contributed by atoms with E-state index in [4.69, 9.17) is 11.6 Å². The maximum atomic E-state index is 12.4. The highest BCUT2D eigenvalue weighted by Gasteiger charge is 2.28. The van der Waals surface area contributed by atoms with Gasteiger partial charge in [0.05, 0.1) is 10.7 Å². The van der Waals surface area contributed by atoms with Gasteiger partial charge in [0.15, 0.2) is 0 Å². The minimum absolute atomic E-state index is 0.373. The van der Waals surface area contributed by atoms with E-state index in [-0.39, 0.29) is 0 Å². The van der Waals surface area contributed by atoms with E-state index < -0.39 is 10.2 Å². The summed E-state index contributed by atoms with van der Waals surface area (Å²) >= 11 is 9.35. The molecule has 1 fully saturated rings. The van der Waals surface area contributed by atoms with Gasteiger partial charge in [-0.15, -0.1) is 0 Å². The van der Waals surface area contributed by atoms with Gasteiger partial charge >= 0.3 is 10.2 Å². The first kappa shape index (κ1) is 17.0. The number of nitrogens with one attached hydrogen (secondary N) is 2. The Bertz CT molecular complexity index is 589. The third-order valence-electron chi connectivity index (χ3n) is 3.58.